The number of methoxy groups -OCH3 is 2. The molecule has 0 spiro atoms. The summed E-state index contributed by atoms with van der Waals surface area (Å²) in [5.41, 5.74) is 1.12. The highest BCUT2D eigenvalue weighted by Gasteiger charge is 2.31. The second-order valence-corrected chi connectivity index (χ2v) is 9.48. The normalized spacial score (nSPS) is 12.0. The van der Waals surface area contributed by atoms with Crippen LogP contribution in [0, 0.1) is 11.7 Å². The van der Waals surface area contributed by atoms with E-state index in [1.54, 1.807) is 53.4 Å². The highest BCUT2D eigenvalue weighted by Crippen LogP contribution is 2.30. The summed E-state index contributed by atoms with van der Waals surface area (Å²) < 4.78 is 26.1. The second kappa shape index (κ2) is 11.5. The van der Waals surface area contributed by atoms with Crippen molar-refractivity contribution in [3.05, 3.63) is 94.3 Å². The van der Waals surface area contributed by atoms with Gasteiger partial charge in [-0.05, 0) is 60.9 Å². The Bertz CT molecular complexity index is 1480. The lowest BCUT2D eigenvalue weighted by atomic mass is 10.0. The number of nitrogens with zero attached hydrogens (tertiary/aromatic N) is 3. The maximum atomic E-state index is 14.1. The van der Waals surface area contributed by atoms with Gasteiger partial charge in [-0.1, -0.05) is 32.9 Å². The lowest BCUT2D eigenvalue weighted by molar-refractivity contribution is 0.0630. The Hall–Kier alpha value is -4.20. The van der Waals surface area contributed by atoms with Crippen molar-refractivity contribution in [2.24, 2.45) is 5.92 Å². The van der Waals surface area contributed by atoms with Crippen LogP contribution in [0.1, 0.15) is 49.4 Å². The first-order valence-electron chi connectivity index (χ1n) is 12.6. The largest absolute Gasteiger partial charge is 0.497 e. The third-order valence-electron chi connectivity index (χ3n) is 6.37. The van der Waals surface area contributed by atoms with Gasteiger partial charge < -0.3 is 14.4 Å². The maximum Gasteiger partial charge on any atom is 0.266 e. The number of amides is 1. The van der Waals surface area contributed by atoms with E-state index in [2.05, 4.69) is 0 Å². The highest BCUT2D eigenvalue weighted by atomic mass is 19.1. The number of hydrogen-bond donors (Lipinski definition) is 0. The van der Waals surface area contributed by atoms with Crippen molar-refractivity contribution in [3.8, 4) is 17.2 Å². The summed E-state index contributed by atoms with van der Waals surface area (Å²) in [7, 11) is 3.06. The Labute approximate surface area is 221 Å². The van der Waals surface area contributed by atoms with Crippen molar-refractivity contribution >= 4 is 16.8 Å². The van der Waals surface area contributed by atoms with Crippen LogP contribution >= 0.6 is 0 Å². The van der Waals surface area contributed by atoms with Crippen LogP contribution in [0.3, 0.4) is 0 Å². The molecule has 0 bridgehead atoms. The van der Waals surface area contributed by atoms with E-state index in [1.807, 2.05) is 26.8 Å². The van der Waals surface area contributed by atoms with Gasteiger partial charge in [0.25, 0.3) is 11.5 Å². The summed E-state index contributed by atoms with van der Waals surface area (Å²) in [5, 5.41) is 0.440. The monoisotopic (exact) mass is 517 g/mol. The van der Waals surface area contributed by atoms with Crippen molar-refractivity contribution in [1.29, 1.82) is 0 Å². The van der Waals surface area contributed by atoms with Crippen LogP contribution < -0.4 is 15.0 Å². The fraction of sp³-hybridized carbons (Fsp3) is 0.300. The van der Waals surface area contributed by atoms with Crippen molar-refractivity contribution in [3.63, 3.8) is 0 Å². The van der Waals surface area contributed by atoms with Gasteiger partial charge in [-0.2, -0.15) is 0 Å². The summed E-state index contributed by atoms with van der Waals surface area (Å²) in [6.45, 7) is 6.43. The molecule has 38 heavy (non-hydrogen) atoms. The van der Waals surface area contributed by atoms with E-state index in [1.165, 1.54) is 30.9 Å². The molecule has 3 aromatic carbocycles. The van der Waals surface area contributed by atoms with Crippen LogP contribution in [0.5, 0.6) is 11.5 Å². The molecule has 4 aromatic rings. The molecule has 0 aliphatic rings. The molecule has 1 amide bonds. The number of fused-ring (bicyclic) bond motifs is 1. The Balaban J connectivity index is 1.95. The zero-order valence-electron chi connectivity index (χ0n) is 22.3. The zero-order chi connectivity index (χ0) is 27.4. The van der Waals surface area contributed by atoms with Gasteiger partial charge in [0.2, 0.25) is 0 Å². The van der Waals surface area contributed by atoms with Crippen molar-refractivity contribution in [1.82, 2.24) is 14.5 Å². The highest BCUT2D eigenvalue weighted by molar-refractivity contribution is 5.95. The van der Waals surface area contributed by atoms with Gasteiger partial charge in [-0.25, -0.2) is 9.37 Å². The fourth-order valence-corrected chi connectivity index (χ4v) is 4.60. The molecule has 8 heteroatoms. The molecule has 0 aliphatic carbocycles. The predicted molar refractivity (Wildman–Crippen MR) is 146 cm³/mol. The Morgan fingerprint density at radius 1 is 1.00 bits per heavy atom. The summed E-state index contributed by atoms with van der Waals surface area (Å²) >= 11 is 0. The molecule has 0 N–H and O–H groups in total. The number of aromatic nitrogens is 2. The molecule has 0 fully saturated rings. The van der Waals surface area contributed by atoms with Gasteiger partial charge >= 0.3 is 0 Å². The number of carbonyl (C=O) groups is 1. The smallest absolute Gasteiger partial charge is 0.266 e. The molecule has 7 nitrogen and oxygen atoms in total. The van der Waals surface area contributed by atoms with Crippen LogP contribution in [0.2, 0.25) is 0 Å². The first-order chi connectivity index (χ1) is 18.3. The molecular weight excluding hydrogens is 485 g/mol. The molecule has 0 saturated heterocycles. The minimum absolute atomic E-state index is 0.131. The second-order valence-electron chi connectivity index (χ2n) is 9.48. The van der Waals surface area contributed by atoms with E-state index in [-0.39, 0.29) is 17.4 Å². The lowest BCUT2D eigenvalue weighted by Gasteiger charge is -2.34. The van der Waals surface area contributed by atoms with Crippen LogP contribution in [0.25, 0.3) is 16.6 Å². The minimum Gasteiger partial charge on any atom is -0.497 e. The Kier molecular flexibility index (Phi) is 8.10. The summed E-state index contributed by atoms with van der Waals surface area (Å²) in [5.74, 6) is 0.886. The van der Waals surface area contributed by atoms with E-state index in [4.69, 9.17) is 14.5 Å². The van der Waals surface area contributed by atoms with E-state index >= 15 is 0 Å². The minimum atomic E-state index is -0.551. The molecular formula is C30H32FN3O4. The molecule has 0 radical (unpaired) electrons. The molecule has 4 rings (SSSR count). The number of carbonyl (C=O) groups excluding carboxylic acids is 1. The SMILES string of the molecule is CCC(c1nc2ccccc2c(=O)n1-c1ccc(F)cc1)N(CC(C)C)C(=O)c1cc(OC)cc(OC)c1. The molecule has 0 saturated carbocycles. The van der Waals surface area contributed by atoms with E-state index in [0.717, 1.165) is 0 Å². The average molecular weight is 518 g/mol. The Morgan fingerprint density at radius 3 is 2.21 bits per heavy atom. The maximum absolute atomic E-state index is 14.1. The molecule has 198 valence electrons. The van der Waals surface area contributed by atoms with Crippen molar-refractivity contribution in [2.45, 2.75) is 33.2 Å². The van der Waals surface area contributed by atoms with Crippen LogP contribution in [-0.2, 0) is 0 Å². The van der Waals surface area contributed by atoms with Gasteiger partial charge in [-0.3, -0.25) is 14.2 Å². The molecule has 1 aromatic heterocycles. The van der Waals surface area contributed by atoms with Crippen LogP contribution in [0.4, 0.5) is 4.39 Å². The number of hydrogen-bond acceptors (Lipinski definition) is 5. The first kappa shape index (κ1) is 26.9. The van der Waals surface area contributed by atoms with E-state index < -0.39 is 11.9 Å². The van der Waals surface area contributed by atoms with Gasteiger partial charge in [0, 0.05) is 18.2 Å². The first-order valence-corrected chi connectivity index (χ1v) is 12.6. The lowest BCUT2D eigenvalue weighted by Crippen LogP contribution is -2.40. The summed E-state index contributed by atoms with van der Waals surface area (Å²) in [4.78, 5) is 34.5. The van der Waals surface area contributed by atoms with Crippen molar-refractivity contribution < 1.29 is 18.7 Å². The van der Waals surface area contributed by atoms with E-state index in [9.17, 15) is 14.0 Å². The standard InChI is InChI=1S/C30H32FN3O4/c1-6-27(33(18-19(2)3)29(35)20-15-23(37-4)17-24(16-20)38-5)28-32-26-10-8-7-9-25(26)30(36)34(28)22-13-11-21(31)12-14-22/h7-17,19,27H,6,18H2,1-5H3. The number of benzene rings is 3. The van der Waals surface area contributed by atoms with Gasteiger partial charge in [0.05, 0.1) is 36.9 Å². The topological polar surface area (TPSA) is 73.7 Å². The van der Waals surface area contributed by atoms with Gasteiger partial charge in [0.1, 0.15) is 23.1 Å². The number of ether oxygens (including phenoxy) is 2. The predicted octanol–water partition coefficient (Wildman–Crippen LogP) is 5.79. The average Bonchev–Trinajstić information content (AvgIpc) is 2.93. The summed E-state index contributed by atoms with van der Waals surface area (Å²) in [6.07, 6.45) is 0.492. The number of halogens is 1. The zero-order valence-corrected chi connectivity index (χ0v) is 22.3. The third kappa shape index (κ3) is 5.39. The van der Waals surface area contributed by atoms with Crippen molar-refractivity contribution in [2.75, 3.05) is 20.8 Å². The van der Waals surface area contributed by atoms with Gasteiger partial charge in [-0.15, -0.1) is 0 Å². The third-order valence-corrected chi connectivity index (χ3v) is 6.37. The van der Waals surface area contributed by atoms with Crippen LogP contribution in [0.15, 0.2) is 71.5 Å². The number of para-hydroxylation sites is 1. The Morgan fingerprint density at radius 2 is 1.63 bits per heavy atom. The molecule has 1 heterocycles. The molecule has 0 aliphatic heterocycles. The van der Waals surface area contributed by atoms with Crippen LogP contribution in [-0.4, -0.2) is 41.1 Å². The quantitative estimate of drug-likeness (QED) is 0.281. The fourth-order valence-electron chi connectivity index (χ4n) is 4.60. The molecule has 1 unspecified atom stereocenters. The summed E-state index contributed by atoms with van der Waals surface area (Å²) in [6, 6.07) is 17.3. The van der Waals surface area contributed by atoms with E-state index in [0.29, 0.717) is 52.4 Å². The van der Waals surface area contributed by atoms with Gasteiger partial charge in [0.15, 0.2) is 0 Å². The number of rotatable bonds is 9. The molecule has 1 atom stereocenters.